The van der Waals surface area contributed by atoms with Gasteiger partial charge in [0, 0.05) is 20.3 Å². The zero-order valence-electron chi connectivity index (χ0n) is 10.5. The van der Waals surface area contributed by atoms with Crippen LogP contribution in [0, 0.1) is 0 Å². The highest BCUT2D eigenvalue weighted by Crippen LogP contribution is 2.33. The molecule has 1 aromatic rings. The number of phenolic OH excluding ortho intramolecular Hbond substituents is 1. The molecule has 0 amide bonds. The fraction of sp³-hybridized carbons (Fsp3) is 0.538. The van der Waals surface area contributed by atoms with E-state index in [1.807, 2.05) is 12.1 Å². The minimum atomic E-state index is 0.248. The number of rotatable bonds is 8. The number of halogens is 2. The Hall–Kier alpha value is -0.100. The smallest absolute Gasteiger partial charge is 0.143 e. The number of unbranched alkanes of at least 4 members (excludes halogenated alkanes) is 2. The van der Waals surface area contributed by atoms with Gasteiger partial charge in [-0.2, -0.15) is 0 Å². The lowest BCUT2D eigenvalue weighted by Crippen LogP contribution is -2.14. The Labute approximate surface area is 125 Å². The van der Waals surface area contributed by atoms with Crippen LogP contribution in [0.15, 0.2) is 21.1 Å². The molecule has 0 spiro atoms. The maximum atomic E-state index is 9.60. The first-order valence-electron chi connectivity index (χ1n) is 6.01. The van der Waals surface area contributed by atoms with Crippen molar-refractivity contribution >= 4 is 31.9 Å². The van der Waals surface area contributed by atoms with E-state index < -0.39 is 0 Å². The highest BCUT2D eigenvalue weighted by atomic mass is 79.9. The Morgan fingerprint density at radius 1 is 1.17 bits per heavy atom. The number of methoxy groups -OCH3 is 1. The first-order chi connectivity index (χ1) is 8.65. The van der Waals surface area contributed by atoms with E-state index in [2.05, 4.69) is 37.2 Å². The molecule has 1 aromatic carbocycles. The topological polar surface area (TPSA) is 41.5 Å². The molecular formula is C13H19Br2NO2. The van der Waals surface area contributed by atoms with Crippen molar-refractivity contribution in [2.75, 3.05) is 20.3 Å². The third-order valence-electron chi connectivity index (χ3n) is 2.61. The minimum absolute atomic E-state index is 0.248. The summed E-state index contributed by atoms with van der Waals surface area (Å²) >= 11 is 6.65. The lowest BCUT2D eigenvalue weighted by atomic mass is 10.2. The molecule has 0 aliphatic carbocycles. The van der Waals surface area contributed by atoms with Gasteiger partial charge in [-0.15, -0.1) is 0 Å². The number of hydrogen-bond donors (Lipinski definition) is 2. The van der Waals surface area contributed by atoms with E-state index in [4.69, 9.17) is 4.74 Å². The average molecular weight is 381 g/mol. The van der Waals surface area contributed by atoms with E-state index in [0.717, 1.165) is 38.1 Å². The number of phenols is 1. The van der Waals surface area contributed by atoms with E-state index in [9.17, 15) is 5.11 Å². The monoisotopic (exact) mass is 379 g/mol. The van der Waals surface area contributed by atoms with Crippen LogP contribution in [-0.4, -0.2) is 25.4 Å². The summed E-state index contributed by atoms with van der Waals surface area (Å²) < 4.78 is 6.43. The number of hydrogen-bond acceptors (Lipinski definition) is 3. The number of aromatic hydroxyl groups is 1. The number of nitrogens with one attached hydrogen (secondary N) is 1. The lowest BCUT2D eigenvalue weighted by molar-refractivity contribution is 0.192. The normalized spacial score (nSPS) is 10.8. The zero-order valence-corrected chi connectivity index (χ0v) is 13.7. The van der Waals surface area contributed by atoms with Crippen molar-refractivity contribution in [1.29, 1.82) is 0 Å². The van der Waals surface area contributed by atoms with Crippen molar-refractivity contribution in [3.63, 3.8) is 0 Å². The van der Waals surface area contributed by atoms with Gasteiger partial charge in [0.2, 0.25) is 0 Å². The molecule has 102 valence electrons. The number of benzene rings is 1. The Morgan fingerprint density at radius 3 is 2.44 bits per heavy atom. The average Bonchev–Trinajstić information content (AvgIpc) is 2.34. The molecule has 0 aliphatic heterocycles. The molecule has 0 bridgehead atoms. The van der Waals surface area contributed by atoms with Crippen molar-refractivity contribution in [1.82, 2.24) is 5.32 Å². The van der Waals surface area contributed by atoms with Crippen molar-refractivity contribution in [2.45, 2.75) is 25.8 Å². The van der Waals surface area contributed by atoms with Crippen LogP contribution < -0.4 is 5.32 Å². The molecule has 0 heterocycles. The second kappa shape index (κ2) is 8.91. The Kier molecular flexibility index (Phi) is 7.90. The Bertz CT molecular complexity index is 349. The first kappa shape index (κ1) is 16.0. The first-order valence-corrected chi connectivity index (χ1v) is 7.60. The van der Waals surface area contributed by atoms with Crippen LogP contribution in [0.1, 0.15) is 24.8 Å². The second-order valence-electron chi connectivity index (χ2n) is 4.14. The van der Waals surface area contributed by atoms with Crippen LogP contribution in [0.4, 0.5) is 0 Å². The predicted molar refractivity (Wildman–Crippen MR) is 80.9 cm³/mol. The van der Waals surface area contributed by atoms with E-state index in [1.54, 1.807) is 7.11 Å². The summed E-state index contributed by atoms with van der Waals surface area (Å²) in [4.78, 5) is 0. The molecule has 1 rings (SSSR count). The van der Waals surface area contributed by atoms with Crippen molar-refractivity contribution in [3.8, 4) is 5.75 Å². The van der Waals surface area contributed by atoms with Gasteiger partial charge in [0.15, 0.2) is 0 Å². The Morgan fingerprint density at radius 2 is 1.83 bits per heavy atom. The van der Waals surface area contributed by atoms with Gasteiger partial charge >= 0.3 is 0 Å². The van der Waals surface area contributed by atoms with Crippen LogP contribution in [0.2, 0.25) is 0 Å². The molecule has 0 atom stereocenters. The van der Waals surface area contributed by atoms with Gasteiger partial charge in [-0.1, -0.05) is 0 Å². The second-order valence-corrected chi connectivity index (χ2v) is 5.85. The third kappa shape index (κ3) is 5.69. The molecule has 5 heteroatoms. The van der Waals surface area contributed by atoms with Gasteiger partial charge in [0.25, 0.3) is 0 Å². The maximum absolute atomic E-state index is 9.60. The van der Waals surface area contributed by atoms with Gasteiger partial charge in [-0.05, 0) is 75.4 Å². The quantitative estimate of drug-likeness (QED) is 0.673. The van der Waals surface area contributed by atoms with Crippen molar-refractivity contribution in [2.24, 2.45) is 0 Å². The third-order valence-corrected chi connectivity index (χ3v) is 3.82. The standard InChI is InChI=1S/C13H19Br2NO2/c1-18-6-4-2-3-5-16-9-10-7-11(14)13(17)12(15)8-10/h7-8,16-17H,2-6,9H2,1H3. The van der Waals surface area contributed by atoms with Gasteiger partial charge in [-0.3, -0.25) is 0 Å². The van der Waals surface area contributed by atoms with Crippen LogP contribution in [0.25, 0.3) is 0 Å². The van der Waals surface area contributed by atoms with Gasteiger partial charge in [0.1, 0.15) is 5.75 Å². The summed E-state index contributed by atoms with van der Waals surface area (Å²) in [5, 5.41) is 13.0. The molecule has 0 saturated carbocycles. The van der Waals surface area contributed by atoms with E-state index >= 15 is 0 Å². The van der Waals surface area contributed by atoms with Gasteiger partial charge in [-0.25, -0.2) is 0 Å². The summed E-state index contributed by atoms with van der Waals surface area (Å²) in [5.41, 5.74) is 1.14. The summed E-state index contributed by atoms with van der Waals surface area (Å²) in [6.45, 7) is 2.65. The van der Waals surface area contributed by atoms with Crippen LogP contribution in [-0.2, 0) is 11.3 Å². The van der Waals surface area contributed by atoms with E-state index in [1.165, 1.54) is 6.42 Å². The van der Waals surface area contributed by atoms with E-state index in [-0.39, 0.29) is 5.75 Å². The van der Waals surface area contributed by atoms with Crippen LogP contribution in [0.5, 0.6) is 5.75 Å². The summed E-state index contributed by atoms with van der Waals surface area (Å²) in [5.74, 6) is 0.248. The predicted octanol–water partition coefficient (Wildman–Crippen LogP) is 3.82. The summed E-state index contributed by atoms with van der Waals surface area (Å²) in [6.07, 6.45) is 3.46. The molecule has 18 heavy (non-hydrogen) atoms. The fourth-order valence-electron chi connectivity index (χ4n) is 1.63. The van der Waals surface area contributed by atoms with Crippen molar-refractivity contribution < 1.29 is 9.84 Å². The fourth-order valence-corrected chi connectivity index (χ4v) is 2.91. The summed E-state index contributed by atoms with van der Waals surface area (Å²) in [7, 11) is 1.73. The summed E-state index contributed by atoms with van der Waals surface area (Å²) in [6, 6.07) is 3.86. The molecule has 0 radical (unpaired) electrons. The molecule has 0 saturated heterocycles. The van der Waals surface area contributed by atoms with Crippen LogP contribution in [0.3, 0.4) is 0 Å². The Balaban J connectivity index is 2.23. The van der Waals surface area contributed by atoms with Crippen molar-refractivity contribution in [3.05, 3.63) is 26.6 Å². The molecule has 2 N–H and O–H groups in total. The minimum Gasteiger partial charge on any atom is -0.506 e. The largest absolute Gasteiger partial charge is 0.506 e. The number of ether oxygens (including phenoxy) is 1. The highest BCUT2D eigenvalue weighted by molar-refractivity contribution is 9.11. The van der Waals surface area contributed by atoms with Gasteiger partial charge in [0.05, 0.1) is 8.95 Å². The molecule has 0 aromatic heterocycles. The van der Waals surface area contributed by atoms with E-state index in [0.29, 0.717) is 8.95 Å². The highest BCUT2D eigenvalue weighted by Gasteiger charge is 2.05. The SMILES string of the molecule is COCCCCCNCc1cc(Br)c(O)c(Br)c1. The maximum Gasteiger partial charge on any atom is 0.143 e. The molecule has 0 fully saturated rings. The van der Waals surface area contributed by atoms with Crippen LogP contribution >= 0.6 is 31.9 Å². The molecule has 3 nitrogen and oxygen atoms in total. The lowest BCUT2D eigenvalue weighted by Gasteiger charge is -2.08. The molecule has 0 unspecified atom stereocenters. The molecular weight excluding hydrogens is 362 g/mol. The zero-order chi connectivity index (χ0) is 13.4. The molecule has 0 aliphatic rings. The van der Waals surface area contributed by atoms with Gasteiger partial charge < -0.3 is 15.2 Å².